The van der Waals surface area contributed by atoms with Gasteiger partial charge in [-0.25, -0.2) is 9.13 Å². The molecule has 0 saturated heterocycles. The minimum absolute atomic E-state index is 0.104. The fourth-order valence-corrected chi connectivity index (χ4v) is 12.5. The lowest BCUT2D eigenvalue weighted by Gasteiger charge is -2.21. The van der Waals surface area contributed by atoms with Crippen molar-refractivity contribution in [3.63, 3.8) is 0 Å². The van der Waals surface area contributed by atoms with Crippen LogP contribution in [0.2, 0.25) is 0 Å². The fourth-order valence-electron chi connectivity index (χ4n) is 10.9. The first-order valence-electron chi connectivity index (χ1n) is 37.5. The number of carbonyl (C=O) groups is 4. The van der Waals surface area contributed by atoms with Gasteiger partial charge < -0.3 is 33.8 Å². The van der Waals surface area contributed by atoms with Crippen LogP contribution in [0.3, 0.4) is 0 Å². The molecule has 91 heavy (non-hydrogen) atoms. The van der Waals surface area contributed by atoms with E-state index in [2.05, 4.69) is 41.5 Å². The van der Waals surface area contributed by atoms with E-state index < -0.39 is 97.5 Å². The molecule has 0 saturated carbocycles. The molecule has 17 nitrogen and oxygen atoms in total. The highest BCUT2D eigenvalue weighted by molar-refractivity contribution is 7.47. The van der Waals surface area contributed by atoms with E-state index in [0.29, 0.717) is 31.6 Å². The number of rotatable bonds is 71. The second-order valence-corrected chi connectivity index (χ2v) is 29.8. The molecule has 0 spiro atoms. The van der Waals surface area contributed by atoms with Gasteiger partial charge in [-0.15, -0.1) is 0 Å². The number of aliphatic hydroxyl groups excluding tert-OH is 1. The maximum Gasteiger partial charge on any atom is 0.472 e. The van der Waals surface area contributed by atoms with Gasteiger partial charge in [-0.3, -0.25) is 37.3 Å². The second kappa shape index (κ2) is 64.1. The summed E-state index contributed by atoms with van der Waals surface area (Å²) in [5.74, 6) is -0.726. The van der Waals surface area contributed by atoms with Crippen molar-refractivity contribution in [2.75, 3.05) is 39.6 Å². The van der Waals surface area contributed by atoms with E-state index in [1.54, 1.807) is 0 Å². The average Bonchev–Trinajstić information content (AvgIpc) is 2.11. The van der Waals surface area contributed by atoms with Crippen LogP contribution in [0.4, 0.5) is 0 Å². The van der Waals surface area contributed by atoms with Crippen molar-refractivity contribution >= 4 is 39.5 Å². The number of esters is 4. The van der Waals surface area contributed by atoms with Crippen LogP contribution in [-0.2, 0) is 65.4 Å². The molecule has 0 aromatic carbocycles. The predicted molar refractivity (Wildman–Crippen MR) is 368 cm³/mol. The molecule has 0 aliphatic heterocycles. The normalized spacial score (nSPS) is 14.1. The highest BCUT2D eigenvalue weighted by Crippen LogP contribution is 2.45. The molecule has 0 aliphatic rings. The van der Waals surface area contributed by atoms with Gasteiger partial charge in [0.1, 0.15) is 19.3 Å². The molecule has 0 bridgehead atoms. The van der Waals surface area contributed by atoms with Crippen LogP contribution in [0.25, 0.3) is 0 Å². The second-order valence-electron chi connectivity index (χ2n) is 26.9. The molecule has 19 heteroatoms. The average molecular weight is 1340 g/mol. The summed E-state index contributed by atoms with van der Waals surface area (Å²) in [6.07, 6.45) is 50.1. The van der Waals surface area contributed by atoms with Gasteiger partial charge in [-0.2, -0.15) is 0 Å². The lowest BCUT2D eigenvalue weighted by Crippen LogP contribution is -2.30. The maximum absolute atomic E-state index is 13.0. The van der Waals surface area contributed by atoms with Crippen LogP contribution in [-0.4, -0.2) is 96.7 Å². The van der Waals surface area contributed by atoms with Gasteiger partial charge in [0.15, 0.2) is 12.2 Å². The summed E-state index contributed by atoms with van der Waals surface area (Å²) in [5.41, 5.74) is 0. The van der Waals surface area contributed by atoms with Crippen molar-refractivity contribution in [2.24, 2.45) is 11.8 Å². The quantitative estimate of drug-likeness (QED) is 0.0222. The van der Waals surface area contributed by atoms with E-state index in [0.717, 1.165) is 102 Å². The zero-order chi connectivity index (χ0) is 67.2. The predicted octanol–water partition coefficient (Wildman–Crippen LogP) is 20.8. The maximum atomic E-state index is 13.0. The number of hydrogen-bond donors (Lipinski definition) is 3. The fraction of sp³-hybridized carbons (Fsp3) is 0.944. The molecule has 0 fully saturated rings. The zero-order valence-corrected chi connectivity index (χ0v) is 60.9. The lowest BCUT2D eigenvalue weighted by molar-refractivity contribution is -0.161. The van der Waals surface area contributed by atoms with Crippen LogP contribution in [0.15, 0.2) is 0 Å². The first-order chi connectivity index (χ1) is 43.9. The van der Waals surface area contributed by atoms with Gasteiger partial charge >= 0.3 is 39.5 Å². The Hall–Kier alpha value is -1.94. The van der Waals surface area contributed by atoms with Gasteiger partial charge in [0.2, 0.25) is 0 Å². The van der Waals surface area contributed by atoms with Gasteiger partial charge in [-0.05, 0) is 37.5 Å². The van der Waals surface area contributed by atoms with Crippen molar-refractivity contribution in [1.82, 2.24) is 0 Å². The highest BCUT2D eigenvalue weighted by atomic mass is 31.2. The summed E-state index contributed by atoms with van der Waals surface area (Å²) in [6.45, 7) is 9.44. The SMILES string of the molecule is CCCCCCCCCCCCCCCCCCCC(=O)O[C@H](COC(=O)CCCCCCCCCCCCCCCC)COP(=O)(O)OC[C@@H](O)COP(=O)(O)OC[C@@H](COC(=O)CCCCCCCCC(C)C)OC(=O)CCCCCCCCCCC(C)C. The summed E-state index contributed by atoms with van der Waals surface area (Å²) < 4.78 is 68.3. The molecular formula is C72H140O17P2. The van der Waals surface area contributed by atoms with Crippen LogP contribution < -0.4 is 0 Å². The van der Waals surface area contributed by atoms with E-state index >= 15 is 0 Å². The van der Waals surface area contributed by atoms with E-state index in [4.69, 9.17) is 37.0 Å². The molecule has 540 valence electrons. The molecule has 0 heterocycles. The van der Waals surface area contributed by atoms with Crippen LogP contribution in [0.1, 0.15) is 369 Å². The standard InChI is InChI=1S/C72H140O17P2/c1-7-9-11-13-15-17-19-21-23-24-25-27-29-31-36-44-50-56-71(76)88-67(60-82-69(74)54-48-42-35-30-28-26-22-20-18-16-14-12-10-8-2)62-86-90(78,79)84-58-66(73)59-85-91(80,81)87-63-68(61-83-70(75)55-49-43-39-38-41-47-53-65(5)6)89-72(77)57-51-45-37-33-32-34-40-46-52-64(3)4/h64-68,73H,7-63H2,1-6H3,(H,78,79)(H,80,81)/t66-,67-,68-/m1/s1. The van der Waals surface area contributed by atoms with Gasteiger partial charge in [0, 0.05) is 25.7 Å². The summed E-state index contributed by atoms with van der Waals surface area (Å²) in [6, 6.07) is 0. The molecule has 0 aromatic heterocycles. The molecule has 0 amide bonds. The number of aliphatic hydroxyl groups is 1. The minimum Gasteiger partial charge on any atom is -0.462 e. The highest BCUT2D eigenvalue weighted by Gasteiger charge is 2.30. The topological polar surface area (TPSA) is 237 Å². The monoisotopic (exact) mass is 1340 g/mol. The van der Waals surface area contributed by atoms with Crippen molar-refractivity contribution in [1.29, 1.82) is 0 Å². The summed E-state index contributed by atoms with van der Waals surface area (Å²) in [7, 11) is -9.90. The van der Waals surface area contributed by atoms with E-state index in [1.807, 2.05) is 0 Å². The Morgan fingerprint density at radius 2 is 0.505 bits per heavy atom. The number of ether oxygens (including phenoxy) is 4. The zero-order valence-electron chi connectivity index (χ0n) is 59.1. The summed E-state index contributed by atoms with van der Waals surface area (Å²) >= 11 is 0. The van der Waals surface area contributed by atoms with E-state index in [9.17, 15) is 43.2 Å². The summed E-state index contributed by atoms with van der Waals surface area (Å²) in [5, 5.41) is 10.6. The van der Waals surface area contributed by atoms with Crippen molar-refractivity contribution in [3.05, 3.63) is 0 Å². The number of carbonyl (C=O) groups excluding carboxylic acids is 4. The Kier molecular flexibility index (Phi) is 62.7. The number of unbranched alkanes of at least 4 members (excludes halogenated alkanes) is 41. The Morgan fingerprint density at radius 1 is 0.297 bits per heavy atom. The number of phosphoric acid groups is 2. The first-order valence-corrected chi connectivity index (χ1v) is 40.5. The number of phosphoric ester groups is 2. The Balaban J connectivity index is 5.23. The van der Waals surface area contributed by atoms with Crippen molar-refractivity contribution in [3.8, 4) is 0 Å². The Bertz CT molecular complexity index is 1770. The molecule has 0 aromatic rings. The van der Waals surface area contributed by atoms with Crippen molar-refractivity contribution in [2.45, 2.75) is 387 Å². The van der Waals surface area contributed by atoms with Gasteiger partial charge in [0.05, 0.1) is 26.4 Å². The Morgan fingerprint density at radius 3 is 0.747 bits per heavy atom. The largest absolute Gasteiger partial charge is 0.472 e. The lowest BCUT2D eigenvalue weighted by atomic mass is 10.0. The third-order valence-electron chi connectivity index (χ3n) is 16.7. The molecular weight excluding hydrogens is 1200 g/mol. The first kappa shape index (κ1) is 89.1. The summed E-state index contributed by atoms with van der Waals surface area (Å²) in [4.78, 5) is 72.6. The third-order valence-corrected chi connectivity index (χ3v) is 18.6. The molecule has 2 unspecified atom stereocenters. The van der Waals surface area contributed by atoms with Crippen molar-refractivity contribution < 1.29 is 80.2 Å². The van der Waals surface area contributed by atoms with Crippen LogP contribution >= 0.6 is 15.6 Å². The smallest absolute Gasteiger partial charge is 0.462 e. The molecule has 5 atom stereocenters. The van der Waals surface area contributed by atoms with Gasteiger partial charge in [0.25, 0.3) is 0 Å². The molecule has 0 aliphatic carbocycles. The van der Waals surface area contributed by atoms with E-state index in [1.165, 1.54) is 180 Å². The molecule has 3 N–H and O–H groups in total. The Labute approximate surface area is 556 Å². The minimum atomic E-state index is -4.95. The molecule has 0 radical (unpaired) electrons. The van der Waals surface area contributed by atoms with Crippen LogP contribution in [0.5, 0.6) is 0 Å². The third kappa shape index (κ3) is 66.5. The number of hydrogen-bond acceptors (Lipinski definition) is 15. The van der Waals surface area contributed by atoms with Crippen LogP contribution in [0, 0.1) is 11.8 Å². The van der Waals surface area contributed by atoms with E-state index in [-0.39, 0.29) is 25.7 Å². The molecule has 0 rings (SSSR count). The van der Waals surface area contributed by atoms with Gasteiger partial charge in [-0.1, -0.05) is 318 Å².